The zero-order chi connectivity index (χ0) is 21.5. The predicted octanol–water partition coefficient (Wildman–Crippen LogP) is 5.91. The van der Waals surface area contributed by atoms with Crippen molar-refractivity contribution in [2.75, 3.05) is 26.6 Å². The monoisotopic (exact) mass is 443 g/mol. The molecular weight excluding hydrogens is 422 g/mol. The van der Waals surface area contributed by atoms with E-state index in [0.717, 1.165) is 21.9 Å². The number of para-hydroxylation sites is 1. The third-order valence-corrected chi connectivity index (χ3v) is 5.77. The average molecular weight is 444 g/mol. The Balaban J connectivity index is 1.79. The molecule has 0 aliphatic heterocycles. The number of nitrogens with one attached hydrogen (secondary N) is 1. The minimum absolute atomic E-state index is 0.270. The first-order valence-corrected chi connectivity index (χ1v) is 10.5. The van der Waals surface area contributed by atoms with Crippen LogP contribution in [-0.4, -0.2) is 27.2 Å². The molecule has 1 amide bonds. The fourth-order valence-corrected chi connectivity index (χ4v) is 3.93. The number of thioether (sulfide) groups is 1. The lowest BCUT2D eigenvalue weighted by atomic mass is 10.1. The number of benzene rings is 3. The lowest BCUT2D eigenvalue weighted by Gasteiger charge is -2.15. The summed E-state index contributed by atoms with van der Waals surface area (Å²) in [5, 5.41) is 3.69. The van der Waals surface area contributed by atoms with Crippen LogP contribution in [0.2, 0.25) is 5.02 Å². The predicted molar refractivity (Wildman–Crippen MR) is 122 cm³/mol. The van der Waals surface area contributed by atoms with E-state index in [9.17, 15) is 4.79 Å². The number of hydrogen-bond donors (Lipinski definition) is 1. The lowest BCUT2D eigenvalue weighted by molar-refractivity contribution is 0.102. The van der Waals surface area contributed by atoms with Gasteiger partial charge in [-0.3, -0.25) is 4.79 Å². The molecule has 0 radical (unpaired) electrons. The van der Waals surface area contributed by atoms with Crippen LogP contribution >= 0.6 is 23.4 Å². The molecule has 30 heavy (non-hydrogen) atoms. The van der Waals surface area contributed by atoms with Gasteiger partial charge in [0.25, 0.3) is 5.91 Å². The summed E-state index contributed by atoms with van der Waals surface area (Å²) in [4.78, 5) is 13.9. The van der Waals surface area contributed by atoms with Crippen LogP contribution in [0.3, 0.4) is 0 Å². The van der Waals surface area contributed by atoms with Gasteiger partial charge in [-0.15, -0.1) is 11.8 Å². The molecule has 3 aromatic carbocycles. The topological polar surface area (TPSA) is 56.8 Å². The van der Waals surface area contributed by atoms with Crippen LogP contribution in [0.15, 0.2) is 65.6 Å². The highest BCUT2D eigenvalue weighted by Crippen LogP contribution is 2.38. The van der Waals surface area contributed by atoms with E-state index in [-0.39, 0.29) is 5.91 Å². The second-order valence-electron chi connectivity index (χ2n) is 6.28. The zero-order valence-corrected chi connectivity index (χ0v) is 18.5. The Bertz CT molecular complexity index is 999. The molecule has 0 spiro atoms. The first-order valence-electron chi connectivity index (χ1n) is 9.13. The van der Waals surface area contributed by atoms with E-state index in [2.05, 4.69) is 5.32 Å². The Morgan fingerprint density at radius 2 is 1.57 bits per heavy atom. The third-order valence-electron chi connectivity index (χ3n) is 4.37. The summed E-state index contributed by atoms with van der Waals surface area (Å²) in [7, 11) is 4.55. The summed E-state index contributed by atoms with van der Waals surface area (Å²) in [6, 6.07) is 18.7. The molecule has 0 fully saturated rings. The Kier molecular flexibility index (Phi) is 7.49. The molecular formula is C23H22ClNO4S. The molecule has 1 N–H and O–H groups in total. The summed E-state index contributed by atoms with van der Waals surface area (Å²) < 4.78 is 16.0. The largest absolute Gasteiger partial charge is 0.493 e. The van der Waals surface area contributed by atoms with Gasteiger partial charge in [-0.05, 0) is 42.0 Å². The second-order valence-corrected chi connectivity index (χ2v) is 7.73. The van der Waals surface area contributed by atoms with Gasteiger partial charge in [-0.1, -0.05) is 35.9 Å². The molecule has 0 unspecified atom stereocenters. The van der Waals surface area contributed by atoms with Gasteiger partial charge in [0, 0.05) is 21.2 Å². The lowest BCUT2D eigenvalue weighted by Crippen LogP contribution is -2.13. The van der Waals surface area contributed by atoms with Crippen LogP contribution in [0.5, 0.6) is 17.2 Å². The van der Waals surface area contributed by atoms with Gasteiger partial charge in [-0.25, -0.2) is 0 Å². The highest BCUT2D eigenvalue weighted by Gasteiger charge is 2.18. The van der Waals surface area contributed by atoms with Crippen molar-refractivity contribution in [1.82, 2.24) is 0 Å². The van der Waals surface area contributed by atoms with Crippen molar-refractivity contribution in [1.29, 1.82) is 0 Å². The van der Waals surface area contributed by atoms with Crippen LogP contribution in [0, 0.1) is 0 Å². The molecule has 0 bridgehead atoms. The summed E-state index contributed by atoms with van der Waals surface area (Å²) in [5.41, 5.74) is 2.28. The maximum atomic E-state index is 12.9. The molecule has 0 saturated carbocycles. The maximum Gasteiger partial charge on any atom is 0.255 e. The van der Waals surface area contributed by atoms with Gasteiger partial charge >= 0.3 is 0 Å². The van der Waals surface area contributed by atoms with E-state index in [1.165, 1.54) is 21.3 Å². The molecule has 0 heterocycles. The number of methoxy groups -OCH3 is 3. The number of rotatable bonds is 8. The molecule has 156 valence electrons. The molecule has 0 aromatic heterocycles. The second kappa shape index (κ2) is 10.3. The molecule has 0 aliphatic carbocycles. The van der Waals surface area contributed by atoms with Crippen LogP contribution in [0.25, 0.3) is 0 Å². The summed E-state index contributed by atoms with van der Waals surface area (Å²) in [6.07, 6.45) is 0. The molecule has 0 aliphatic rings. The van der Waals surface area contributed by atoms with Crippen LogP contribution in [0.4, 0.5) is 5.69 Å². The number of halogens is 1. The van der Waals surface area contributed by atoms with Crippen molar-refractivity contribution in [3.05, 3.63) is 76.8 Å². The first kappa shape index (κ1) is 21.9. The molecule has 7 heteroatoms. The Hall–Kier alpha value is -2.83. The van der Waals surface area contributed by atoms with Crippen molar-refractivity contribution >= 4 is 35.0 Å². The number of anilines is 1. The van der Waals surface area contributed by atoms with E-state index in [4.69, 9.17) is 25.8 Å². The highest BCUT2D eigenvalue weighted by molar-refractivity contribution is 7.98. The quantitative estimate of drug-likeness (QED) is 0.438. The molecule has 0 atom stereocenters. The molecule has 3 rings (SSSR count). The van der Waals surface area contributed by atoms with Gasteiger partial charge < -0.3 is 19.5 Å². The number of ether oxygens (including phenoxy) is 3. The van der Waals surface area contributed by atoms with Crippen molar-refractivity contribution in [3.8, 4) is 17.2 Å². The van der Waals surface area contributed by atoms with Crippen molar-refractivity contribution < 1.29 is 19.0 Å². The normalized spacial score (nSPS) is 10.4. The third kappa shape index (κ3) is 5.20. The SMILES string of the molecule is COc1cc(C(=O)Nc2ccccc2SCc2ccc(Cl)cc2)cc(OC)c1OC. The standard InChI is InChI=1S/C23H22ClNO4S/c1-27-19-12-16(13-20(28-2)22(19)29-3)23(26)25-18-6-4-5-7-21(18)30-14-15-8-10-17(24)11-9-15/h4-13H,14H2,1-3H3,(H,25,26). The Morgan fingerprint density at radius 1 is 0.933 bits per heavy atom. The van der Waals surface area contributed by atoms with Gasteiger partial charge in [0.1, 0.15) is 0 Å². The van der Waals surface area contributed by atoms with E-state index < -0.39 is 0 Å². The van der Waals surface area contributed by atoms with E-state index >= 15 is 0 Å². The molecule has 5 nitrogen and oxygen atoms in total. The van der Waals surface area contributed by atoms with Crippen molar-refractivity contribution in [2.24, 2.45) is 0 Å². The van der Waals surface area contributed by atoms with E-state index in [0.29, 0.717) is 27.8 Å². The van der Waals surface area contributed by atoms with Gasteiger partial charge in [0.2, 0.25) is 5.75 Å². The van der Waals surface area contributed by atoms with Crippen LogP contribution < -0.4 is 19.5 Å². The fraction of sp³-hybridized carbons (Fsp3) is 0.174. The molecule has 3 aromatic rings. The summed E-state index contributed by atoms with van der Waals surface area (Å²) >= 11 is 7.59. The van der Waals surface area contributed by atoms with E-state index in [1.54, 1.807) is 23.9 Å². The number of carbonyl (C=O) groups excluding carboxylic acids is 1. The summed E-state index contributed by atoms with van der Waals surface area (Å²) in [5.74, 6) is 1.78. The highest BCUT2D eigenvalue weighted by atomic mass is 35.5. The van der Waals surface area contributed by atoms with Crippen LogP contribution in [-0.2, 0) is 5.75 Å². The Labute approximate surface area is 185 Å². The van der Waals surface area contributed by atoms with Gasteiger partial charge in [0.05, 0.1) is 27.0 Å². The van der Waals surface area contributed by atoms with Crippen molar-refractivity contribution in [2.45, 2.75) is 10.6 Å². The fourth-order valence-electron chi connectivity index (χ4n) is 2.84. The minimum atomic E-state index is -0.270. The van der Waals surface area contributed by atoms with Gasteiger partial charge in [-0.2, -0.15) is 0 Å². The molecule has 0 saturated heterocycles. The minimum Gasteiger partial charge on any atom is -0.493 e. The average Bonchev–Trinajstić information content (AvgIpc) is 2.78. The van der Waals surface area contributed by atoms with Crippen molar-refractivity contribution in [3.63, 3.8) is 0 Å². The van der Waals surface area contributed by atoms with E-state index in [1.807, 2.05) is 48.5 Å². The number of amides is 1. The summed E-state index contributed by atoms with van der Waals surface area (Å²) in [6.45, 7) is 0. The maximum absolute atomic E-state index is 12.9. The first-order chi connectivity index (χ1) is 14.5. The van der Waals surface area contributed by atoms with Crippen LogP contribution in [0.1, 0.15) is 15.9 Å². The van der Waals surface area contributed by atoms with Gasteiger partial charge in [0.15, 0.2) is 11.5 Å². The zero-order valence-electron chi connectivity index (χ0n) is 16.9. The Morgan fingerprint density at radius 3 is 2.17 bits per heavy atom. The number of hydrogen-bond acceptors (Lipinski definition) is 5. The number of carbonyl (C=O) groups is 1. The smallest absolute Gasteiger partial charge is 0.255 e.